The van der Waals surface area contributed by atoms with Crippen LogP contribution in [0.5, 0.6) is 0 Å². The van der Waals surface area contributed by atoms with E-state index in [-0.39, 0.29) is 27.3 Å². The van der Waals surface area contributed by atoms with Crippen LogP contribution in [0.1, 0.15) is 32.6 Å². The Balaban J connectivity index is 2.16. The van der Waals surface area contributed by atoms with Crippen LogP contribution in [0, 0.1) is 5.41 Å². The van der Waals surface area contributed by atoms with Gasteiger partial charge in [0.2, 0.25) is 5.91 Å². The highest BCUT2D eigenvalue weighted by Gasteiger charge is 2.36. The lowest BCUT2D eigenvalue weighted by atomic mass is 9.88. The van der Waals surface area contributed by atoms with E-state index in [4.69, 9.17) is 23.2 Å². The number of carbonyl (C=O) groups is 1. The lowest BCUT2D eigenvalue weighted by Gasteiger charge is -2.22. The molecule has 1 aliphatic carbocycles. The molecular weight excluding hydrogens is 261 g/mol. The van der Waals surface area contributed by atoms with E-state index in [2.05, 4.69) is 15.3 Å². The zero-order valence-corrected chi connectivity index (χ0v) is 11.0. The first-order valence-corrected chi connectivity index (χ1v) is 6.26. The van der Waals surface area contributed by atoms with E-state index in [0.717, 1.165) is 25.7 Å². The first-order valence-electron chi connectivity index (χ1n) is 5.50. The number of amides is 1. The van der Waals surface area contributed by atoms with Crippen molar-refractivity contribution in [2.45, 2.75) is 32.6 Å². The van der Waals surface area contributed by atoms with Gasteiger partial charge in [-0.05, 0) is 12.8 Å². The quantitative estimate of drug-likeness (QED) is 0.842. The molecule has 1 aromatic heterocycles. The molecule has 0 aliphatic heterocycles. The predicted molar refractivity (Wildman–Crippen MR) is 67.3 cm³/mol. The van der Waals surface area contributed by atoms with E-state index >= 15 is 0 Å². The summed E-state index contributed by atoms with van der Waals surface area (Å²) in [4.78, 5) is 19.8. The van der Waals surface area contributed by atoms with Crippen molar-refractivity contribution in [3.8, 4) is 0 Å². The Labute approximate surface area is 110 Å². The van der Waals surface area contributed by atoms with Gasteiger partial charge >= 0.3 is 0 Å². The van der Waals surface area contributed by atoms with Gasteiger partial charge in [-0.25, -0.2) is 9.97 Å². The average Bonchev–Trinajstić information content (AvgIpc) is 2.73. The molecule has 0 spiro atoms. The van der Waals surface area contributed by atoms with Gasteiger partial charge in [0, 0.05) is 5.41 Å². The van der Waals surface area contributed by atoms with E-state index in [1.807, 2.05) is 6.92 Å². The van der Waals surface area contributed by atoms with Crippen molar-refractivity contribution in [2.24, 2.45) is 5.41 Å². The van der Waals surface area contributed by atoms with Crippen LogP contribution in [0.3, 0.4) is 0 Å². The molecule has 1 saturated carbocycles. The molecule has 6 heteroatoms. The summed E-state index contributed by atoms with van der Waals surface area (Å²) in [7, 11) is 0. The van der Waals surface area contributed by atoms with Gasteiger partial charge in [0.05, 0.1) is 0 Å². The Kier molecular flexibility index (Phi) is 3.54. The van der Waals surface area contributed by atoms with Crippen LogP contribution in [0.4, 0.5) is 5.82 Å². The summed E-state index contributed by atoms with van der Waals surface area (Å²) >= 11 is 11.7. The fourth-order valence-corrected chi connectivity index (χ4v) is 2.35. The van der Waals surface area contributed by atoms with Crippen molar-refractivity contribution < 1.29 is 4.79 Å². The molecule has 17 heavy (non-hydrogen) atoms. The van der Waals surface area contributed by atoms with Gasteiger partial charge in [0.25, 0.3) is 0 Å². The summed E-state index contributed by atoms with van der Waals surface area (Å²) in [6.07, 6.45) is 5.25. The zero-order valence-electron chi connectivity index (χ0n) is 9.46. The topological polar surface area (TPSA) is 54.9 Å². The molecule has 1 aromatic rings. The number of rotatable bonds is 2. The molecule has 0 saturated heterocycles. The van der Waals surface area contributed by atoms with Crippen LogP contribution in [-0.2, 0) is 4.79 Å². The SMILES string of the molecule is CC1(C(=O)Nc2ncnc(Cl)c2Cl)CCCC1. The monoisotopic (exact) mass is 273 g/mol. The van der Waals surface area contributed by atoms with E-state index in [1.165, 1.54) is 6.33 Å². The van der Waals surface area contributed by atoms with Crippen LogP contribution in [0.2, 0.25) is 10.2 Å². The van der Waals surface area contributed by atoms with Crippen LogP contribution in [0.25, 0.3) is 0 Å². The summed E-state index contributed by atoms with van der Waals surface area (Å²) in [5, 5.41) is 3.06. The third kappa shape index (κ3) is 2.53. The second-order valence-corrected chi connectivity index (χ2v) is 5.28. The summed E-state index contributed by atoms with van der Waals surface area (Å²) in [5.74, 6) is 0.233. The van der Waals surface area contributed by atoms with Crippen molar-refractivity contribution in [3.63, 3.8) is 0 Å². The van der Waals surface area contributed by atoms with E-state index in [9.17, 15) is 4.79 Å². The average molecular weight is 274 g/mol. The molecule has 1 fully saturated rings. The normalized spacial score (nSPS) is 18.1. The molecule has 0 unspecified atom stereocenters. The van der Waals surface area contributed by atoms with Gasteiger partial charge < -0.3 is 5.32 Å². The third-order valence-corrected chi connectivity index (χ3v) is 3.98. The molecule has 1 heterocycles. The van der Waals surface area contributed by atoms with E-state index < -0.39 is 0 Å². The van der Waals surface area contributed by atoms with Crippen molar-refractivity contribution in [2.75, 3.05) is 5.32 Å². The number of carbonyl (C=O) groups excluding carboxylic acids is 1. The first kappa shape index (κ1) is 12.6. The van der Waals surface area contributed by atoms with Crippen LogP contribution >= 0.6 is 23.2 Å². The largest absolute Gasteiger partial charge is 0.309 e. The highest BCUT2D eigenvalue weighted by atomic mass is 35.5. The zero-order chi connectivity index (χ0) is 12.5. The number of aromatic nitrogens is 2. The smallest absolute Gasteiger partial charge is 0.231 e. The highest BCUT2D eigenvalue weighted by Crippen LogP contribution is 2.39. The molecular formula is C11H13Cl2N3O. The fraction of sp³-hybridized carbons (Fsp3) is 0.545. The minimum absolute atomic E-state index is 0.0494. The van der Waals surface area contributed by atoms with Crippen LogP contribution in [-0.4, -0.2) is 15.9 Å². The van der Waals surface area contributed by atoms with E-state index in [1.54, 1.807) is 0 Å². The molecule has 4 nitrogen and oxygen atoms in total. The number of hydrogen-bond acceptors (Lipinski definition) is 3. The van der Waals surface area contributed by atoms with Gasteiger partial charge in [0.15, 0.2) is 11.0 Å². The Bertz CT molecular complexity index is 444. The molecule has 1 aliphatic rings. The maximum absolute atomic E-state index is 12.1. The molecule has 0 aromatic carbocycles. The Morgan fingerprint density at radius 3 is 2.65 bits per heavy atom. The second kappa shape index (κ2) is 4.78. The Morgan fingerprint density at radius 1 is 1.35 bits per heavy atom. The number of hydrogen-bond donors (Lipinski definition) is 1. The minimum Gasteiger partial charge on any atom is -0.309 e. The van der Waals surface area contributed by atoms with Gasteiger partial charge in [0.1, 0.15) is 11.3 Å². The molecule has 1 amide bonds. The number of nitrogens with zero attached hydrogens (tertiary/aromatic N) is 2. The second-order valence-electron chi connectivity index (χ2n) is 4.55. The molecule has 0 bridgehead atoms. The molecule has 0 radical (unpaired) electrons. The van der Waals surface area contributed by atoms with Gasteiger partial charge in [-0.15, -0.1) is 0 Å². The lowest BCUT2D eigenvalue weighted by Crippen LogP contribution is -2.31. The molecule has 2 rings (SSSR count). The minimum atomic E-state index is -0.319. The van der Waals surface area contributed by atoms with E-state index in [0.29, 0.717) is 0 Å². The summed E-state index contributed by atoms with van der Waals surface area (Å²) in [5.41, 5.74) is -0.319. The van der Waals surface area contributed by atoms with Crippen LogP contribution in [0.15, 0.2) is 6.33 Å². The fourth-order valence-electron chi connectivity index (χ4n) is 2.08. The Morgan fingerprint density at radius 2 is 2.00 bits per heavy atom. The Hall–Kier alpha value is -0.870. The predicted octanol–water partition coefficient (Wildman–Crippen LogP) is 3.30. The maximum Gasteiger partial charge on any atom is 0.231 e. The van der Waals surface area contributed by atoms with Crippen molar-refractivity contribution >= 4 is 34.9 Å². The van der Waals surface area contributed by atoms with Gasteiger partial charge in [-0.2, -0.15) is 0 Å². The van der Waals surface area contributed by atoms with Crippen molar-refractivity contribution in [1.82, 2.24) is 9.97 Å². The third-order valence-electron chi connectivity index (χ3n) is 3.23. The molecule has 0 atom stereocenters. The van der Waals surface area contributed by atoms with Gasteiger partial charge in [-0.1, -0.05) is 43.0 Å². The number of halogens is 2. The van der Waals surface area contributed by atoms with Crippen LogP contribution < -0.4 is 5.32 Å². The van der Waals surface area contributed by atoms with Gasteiger partial charge in [-0.3, -0.25) is 4.79 Å². The van der Waals surface area contributed by atoms with Crippen molar-refractivity contribution in [3.05, 3.63) is 16.5 Å². The summed E-state index contributed by atoms with van der Waals surface area (Å²) in [6, 6.07) is 0. The molecule has 1 N–H and O–H groups in total. The number of nitrogens with one attached hydrogen (secondary N) is 1. The summed E-state index contributed by atoms with van der Waals surface area (Å²) in [6.45, 7) is 1.96. The summed E-state index contributed by atoms with van der Waals surface area (Å²) < 4.78 is 0. The standard InChI is InChI=1S/C11H13Cl2N3O/c1-11(4-2-3-5-11)10(17)16-9-7(12)8(13)14-6-15-9/h6H,2-5H2,1H3,(H,14,15,16,17). The lowest BCUT2D eigenvalue weighted by molar-refractivity contribution is -0.124. The van der Waals surface area contributed by atoms with Crippen molar-refractivity contribution in [1.29, 1.82) is 0 Å². The highest BCUT2D eigenvalue weighted by molar-refractivity contribution is 6.42. The maximum atomic E-state index is 12.1. The number of anilines is 1. The molecule has 92 valence electrons. The first-order chi connectivity index (χ1) is 8.03.